The molecule has 0 spiro atoms. The molecule has 0 bridgehead atoms. The lowest BCUT2D eigenvalue weighted by Crippen LogP contribution is -2.56. The Kier molecular flexibility index (Phi) is 5.45. The van der Waals surface area contributed by atoms with E-state index in [0.717, 1.165) is 5.56 Å². The van der Waals surface area contributed by atoms with Crippen molar-refractivity contribution in [3.05, 3.63) is 47.6 Å². The van der Waals surface area contributed by atoms with Crippen LogP contribution in [0.2, 0.25) is 0 Å². The summed E-state index contributed by atoms with van der Waals surface area (Å²) in [6.45, 7) is 2.93. The summed E-state index contributed by atoms with van der Waals surface area (Å²) in [5.41, 5.74) is 0.322. The highest BCUT2D eigenvalue weighted by atomic mass is 16.5. The number of aromatic nitrogens is 2. The van der Waals surface area contributed by atoms with Crippen molar-refractivity contribution >= 4 is 5.91 Å². The van der Waals surface area contributed by atoms with Crippen LogP contribution >= 0.6 is 0 Å². The Hall–Kier alpha value is -2.25. The van der Waals surface area contributed by atoms with Gasteiger partial charge < -0.3 is 19.3 Å². The number of aliphatic hydroxyl groups is 1. The highest BCUT2D eigenvalue weighted by molar-refractivity contribution is 5.76. The Balaban J connectivity index is 1.61. The number of aryl methyl sites for hydroxylation is 2. The topological polar surface area (TPSA) is 88.7 Å². The van der Waals surface area contributed by atoms with Gasteiger partial charge in [0.25, 0.3) is 0 Å². The van der Waals surface area contributed by atoms with Crippen molar-refractivity contribution in [2.45, 2.75) is 31.8 Å². The summed E-state index contributed by atoms with van der Waals surface area (Å²) in [6, 6.07) is 9.86. The highest BCUT2D eigenvalue weighted by Crippen LogP contribution is 2.23. The first kappa shape index (κ1) is 17.6. The summed E-state index contributed by atoms with van der Waals surface area (Å²) in [5.74, 6) is 1.04. The number of nitrogens with zero attached hydrogens (tertiary/aromatic N) is 3. The third-order valence-electron chi connectivity index (χ3n) is 4.38. The predicted molar refractivity (Wildman–Crippen MR) is 89.9 cm³/mol. The summed E-state index contributed by atoms with van der Waals surface area (Å²) >= 11 is 0. The second-order valence-electron chi connectivity index (χ2n) is 6.40. The lowest BCUT2D eigenvalue weighted by Gasteiger charge is -2.42. The first-order valence-electron chi connectivity index (χ1n) is 8.46. The minimum Gasteiger partial charge on any atom is -0.393 e. The molecule has 2 aromatic rings. The summed E-state index contributed by atoms with van der Waals surface area (Å²) < 4.78 is 10.9. The average Bonchev–Trinajstić information content (AvgIpc) is 3.06. The number of morpholine rings is 1. The number of carbonyl (C=O) groups excluding carboxylic acids is 1. The summed E-state index contributed by atoms with van der Waals surface area (Å²) in [4.78, 5) is 18.4. The van der Waals surface area contributed by atoms with Gasteiger partial charge in [0.05, 0.1) is 19.8 Å². The van der Waals surface area contributed by atoms with Gasteiger partial charge in [-0.2, -0.15) is 4.98 Å². The van der Waals surface area contributed by atoms with E-state index in [9.17, 15) is 9.90 Å². The van der Waals surface area contributed by atoms with E-state index in [1.54, 1.807) is 11.8 Å². The molecule has 0 saturated carbocycles. The van der Waals surface area contributed by atoms with E-state index in [2.05, 4.69) is 10.1 Å². The molecule has 1 saturated heterocycles. The molecule has 0 aliphatic carbocycles. The molecule has 1 aromatic carbocycles. The van der Waals surface area contributed by atoms with Gasteiger partial charge in [-0.15, -0.1) is 0 Å². The number of benzene rings is 1. The molecule has 1 amide bonds. The van der Waals surface area contributed by atoms with Gasteiger partial charge in [-0.1, -0.05) is 35.5 Å². The van der Waals surface area contributed by atoms with Crippen molar-refractivity contribution in [2.24, 2.45) is 0 Å². The van der Waals surface area contributed by atoms with Gasteiger partial charge >= 0.3 is 0 Å². The zero-order chi connectivity index (χ0) is 17.7. The minimum atomic E-state index is -0.754. The number of ether oxygens (including phenoxy) is 1. The van der Waals surface area contributed by atoms with Crippen LogP contribution in [-0.2, 0) is 22.4 Å². The van der Waals surface area contributed by atoms with Crippen molar-refractivity contribution < 1.29 is 19.2 Å². The molecule has 25 heavy (non-hydrogen) atoms. The zero-order valence-electron chi connectivity index (χ0n) is 14.4. The van der Waals surface area contributed by atoms with Crippen LogP contribution in [0.4, 0.5) is 0 Å². The van der Waals surface area contributed by atoms with E-state index in [-0.39, 0.29) is 12.5 Å². The molecule has 1 aliphatic rings. The lowest BCUT2D eigenvalue weighted by atomic mass is 9.93. The Bertz CT molecular complexity index is 703. The molecule has 134 valence electrons. The monoisotopic (exact) mass is 345 g/mol. The summed E-state index contributed by atoms with van der Waals surface area (Å²) in [5, 5.41) is 13.6. The van der Waals surface area contributed by atoms with Crippen LogP contribution in [0, 0.1) is 6.92 Å². The fourth-order valence-electron chi connectivity index (χ4n) is 3.10. The van der Waals surface area contributed by atoms with E-state index in [1.807, 2.05) is 30.3 Å². The van der Waals surface area contributed by atoms with Crippen LogP contribution in [0.1, 0.15) is 23.7 Å². The molecular formula is C18H23N3O4. The van der Waals surface area contributed by atoms with Crippen LogP contribution in [0.25, 0.3) is 0 Å². The van der Waals surface area contributed by atoms with Gasteiger partial charge in [0.2, 0.25) is 11.8 Å². The minimum absolute atomic E-state index is 0.00467. The number of amides is 1. The van der Waals surface area contributed by atoms with Gasteiger partial charge in [-0.3, -0.25) is 4.79 Å². The van der Waals surface area contributed by atoms with Crippen LogP contribution in [0.3, 0.4) is 0 Å². The molecule has 0 unspecified atom stereocenters. The highest BCUT2D eigenvalue weighted by Gasteiger charge is 2.38. The van der Waals surface area contributed by atoms with Gasteiger partial charge in [0.15, 0.2) is 5.82 Å². The molecule has 2 heterocycles. The number of carbonyl (C=O) groups is 1. The second kappa shape index (κ2) is 7.76. The Morgan fingerprint density at radius 1 is 1.36 bits per heavy atom. The van der Waals surface area contributed by atoms with Crippen LogP contribution < -0.4 is 0 Å². The summed E-state index contributed by atoms with van der Waals surface area (Å²) in [6.07, 6.45) is 1.29. The number of aliphatic hydroxyl groups excluding tert-OH is 1. The van der Waals surface area contributed by atoms with Crippen LogP contribution in [0.5, 0.6) is 0 Å². The van der Waals surface area contributed by atoms with Crippen molar-refractivity contribution in [2.75, 3.05) is 26.3 Å². The first-order chi connectivity index (χ1) is 12.1. The smallest absolute Gasteiger partial charge is 0.227 e. The van der Waals surface area contributed by atoms with Gasteiger partial charge in [-0.25, -0.2) is 0 Å². The maximum Gasteiger partial charge on any atom is 0.227 e. The SMILES string of the molecule is Cc1noc(CCC(=O)N2CCO[C@@](CO)(Cc3ccccc3)C2)n1. The molecule has 3 rings (SSSR count). The Labute approximate surface area is 146 Å². The zero-order valence-corrected chi connectivity index (χ0v) is 14.4. The second-order valence-corrected chi connectivity index (χ2v) is 6.40. The van der Waals surface area contributed by atoms with E-state index >= 15 is 0 Å². The van der Waals surface area contributed by atoms with Gasteiger partial charge in [0, 0.05) is 25.8 Å². The fraction of sp³-hybridized carbons (Fsp3) is 0.500. The summed E-state index contributed by atoms with van der Waals surface area (Å²) in [7, 11) is 0. The molecule has 7 heteroatoms. The maximum absolute atomic E-state index is 12.5. The molecule has 0 radical (unpaired) electrons. The van der Waals surface area contributed by atoms with Crippen LogP contribution in [-0.4, -0.2) is 58.0 Å². The van der Waals surface area contributed by atoms with Crippen molar-refractivity contribution in [1.82, 2.24) is 15.0 Å². The molecule has 1 aromatic heterocycles. The van der Waals surface area contributed by atoms with Crippen LogP contribution in [0.15, 0.2) is 34.9 Å². The van der Waals surface area contributed by atoms with Crippen molar-refractivity contribution in [1.29, 1.82) is 0 Å². The van der Waals surface area contributed by atoms with Crippen molar-refractivity contribution in [3.63, 3.8) is 0 Å². The largest absolute Gasteiger partial charge is 0.393 e. The Morgan fingerprint density at radius 2 is 2.16 bits per heavy atom. The standard InChI is InChI=1S/C18H23N3O4/c1-14-19-16(25-20-14)7-8-17(23)21-9-10-24-18(12-21,13-22)11-15-5-3-2-4-6-15/h2-6,22H,7-13H2,1H3/t18-/m0/s1. The normalized spacial score (nSPS) is 20.6. The number of rotatable bonds is 6. The maximum atomic E-state index is 12.5. The lowest BCUT2D eigenvalue weighted by molar-refractivity contribution is -0.158. The van der Waals surface area contributed by atoms with Crippen molar-refractivity contribution in [3.8, 4) is 0 Å². The van der Waals surface area contributed by atoms with E-state index in [1.165, 1.54) is 0 Å². The molecule has 1 atom stereocenters. The van der Waals surface area contributed by atoms with Gasteiger partial charge in [0.1, 0.15) is 5.60 Å². The molecular weight excluding hydrogens is 322 g/mol. The average molecular weight is 345 g/mol. The van der Waals surface area contributed by atoms with E-state index < -0.39 is 5.60 Å². The van der Waals surface area contributed by atoms with Gasteiger partial charge in [-0.05, 0) is 12.5 Å². The third kappa shape index (κ3) is 4.43. The molecule has 1 fully saturated rings. The predicted octanol–water partition coefficient (Wildman–Crippen LogP) is 1.14. The fourth-order valence-corrected chi connectivity index (χ4v) is 3.10. The number of hydrogen-bond donors (Lipinski definition) is 1. The molecule has 1 N–H and O–H groups in total. The molecule has 1 aliphatic heterocycles. The van der Waals surface area contributed by atoms with E-state index in [4.69, 9.17) is 9.26 Å². The third-order valence-corrected chi connectivity index (χ3v) is 4.38. The number of hydrogen-bond acceptors (Lipinski definition) is 6. The Morgan fingerprint density at radius 3 is 2.84 bits per heavy atom. The molecule has 7 nitrogen and oxygen atoms in total. The quantitative estimate of drug-likeness (QED) is 0.845. The van der Waals surface area contributed by atoms with E-state index in [0.29, 0.717) is 50.7 Å². The first-order valence-corrected chi connectivity index (χ1v) is 8.46.